The average molecular weight is 116 g/mol. The summed E-state index contributed by atoms with van der Waals surface area (Å²) in [6.45, 7) is 2.17. The van der Waals surface area contributed by atoms with Gasteiger partial charge in [-0.15, -0.1) is 0 Å². The van der Waals surface area contributed by atoms with Crippen molar-refractivity contribution in [3.8, 4) is 0 Å². The molecule has 9 heavy (non-hydrogen) atoms. The Bertz CT molecular complexity index is 179. The monoisotopic (exact) mass is 116 g/mol. The molecule has 0 saturated heterocycles. The third-order valence-electron chi connectivity index (χ3n) is 1.53. The molecule has 0 spiro atoms. The SMILES string of the molecule is Bc1ccc(BC)cc1. The third-order valence-corrected chi connectivity index (χ3v) is 1.53. The zero-order chi connectivity index (χ0) is 6.69. The van der Waals surface area contributed by atoms with E-state index in [1.807, 2.05) is 0 Å². The van der Waals surface area contributed by atoms with E-state index in [1.165, 1.54) is 10.9 Å². The number of rotatable bonds is 1. The van der Waals surface area contributed by atoms with E-state index in [0.717, 1.165) is 7.28 Å². The lowest BCUT2D eigenvalue weighted by Crippen LogP contribution is -2.13. The van der Waals surface area contributed by atoms with Gasteiger partial charge >= 0.3 is 0 Å². The van der Waals surface area contributed by atoms with Gasteiger partial charge in [0.05, 0.1) is 0 Å². The second-order valence-corrected chi connectivity index (χ2v) is 2.34. The molecule has 0 aliphatic carbocycles. The first-order valence-corrected chi connectivity index (χ1v) is 3.38. The zero-order valence-electron chi connectivity index (χ0n) is 6.02. The minimum Gasteiger partial charge on any atom is -0.0890 e. The standard InChI is InChI=1S/C7H10B2/c1-9-7-4-2-6(8)3-5-7/h2-5,9H,8H2,1H3. The normalized spacial score (nSPS) is 9.00. The van der Waals surface area contributed by atoms with Crippen molar-refractivity contribution in [2.75, 3.05) is 0 Å². The van der Waals surface area contributed by atoms with Crippen molar-refractivity contribution in [1.29, 1.82) is 0 Å². The van der Waals surface area contributed by atoms with Crippen LogP contribution in [-0.4, -0.2) is 15.1 Å². The molecule has 44 valence electrons. The summed E-state index contributed by atoms with van der Waals surface area (Å²) in [7, 11) is 3.25. The molecule has 0 N–H and O–H groups in total. The number of hydrogen-bond donors (Lipinski definition) is 0. The summed E-state index contributed by atoms with van der Waals surface area (Å²) >= 11 is 0. The second kappa shape index (κ2) is 2.77. The molecule has 0 amide bonds. The van der Waals surface area contributed by atoms with Crippen LogP contribution in [0.3, 0.4) is 0 Å². The maximum absolute atomic E-state index is 2.18. The van der Waals surface area contributed by atoms with Crippen LogP contribution in [0.5, 0.6) is 0 Å². The van der Waals surface area contributed by atoms with Gasteiger partial charge in [0.1, 0.15) is 7.85 Å². The molecular weight excluding hydrogens is 106 g/mol. The van der Waals surface area contributed by atoms with Crippen LogP contribution in [0.1, 0.15) is 0 Å². The van der Waals surface area contributed by atoms with Crippen LogP contribution in [0.2, 0.25) is 6.82 Å². The summed E-state index contributed by atoms with van der Waals surface area (Å²) in [4.78, 5) is 0. The molecule has 0 aliphatic rings. The van der Waals surface area contributed by atoms with E-state index >= 15 is 0 Å². The summed E-state index contributed by atoms with van der Waals surface area (Å²) in [6, 6.07) is 8.66. The van der Waals surface area contributed by atoms with Crippen LogP contribution in [0, 0.1) is 0 Å². The molecular formula is C7H10B2. The van der Waals surface area contributed by atoms with E-state index in [2.05, 4.69) is 38.9 Å². The van der Waals surface area contributed by atoms with E-state index in [0.29, 0.717) is 0 Å². The smallest absolute Gasteiger partial charge is 0.0890 e. The molecule has 0 aromatic heterocycles. The molecule has 0 aliphatic heterocycles. The summed E-state index contributed by atoms with van der Waals surface area (Å²) in [5.74, 6) is 0. The zero-order valence-corrected chi connectivity index (χ0v) is 6.02. The largest absolute Gasteiger partial charge is 0.154 e. The first-order valence-electron chi connectivity index (χ1n) is 3.38. The van der Waals surface area contributed by atoms with Gasteiger partial charge in [-0.2, -0.15) is 0 Å². The van der Waals surface area contributed by atoms with Gasteiger partial charge in [-0.3, -0.25) is 0 Å². The van der Waals surface area contributed by atoms with Gasteiger partial charge in [0.2, 0.25) is 0 Å². The predicted octanol–water partition coefficient (Wildman–Crippen LogP) is -0.945. The van der Waals surface area contributed by atoms with E-state index in [-0.39, 0.29) is 0 Å². The minimum absolute atomic E-state index is 1.14. The molecule has 0 saturated carbocycles. The van der Waals surface area contributed by atoms with Crippen LogP contribution >= 0.6 is 0 Å². The molecule has 0 nitrogen and oxygen atoms in total. The van der Waals surface area contributed by atoms with Gasteiger partial charge in [-0.1, -0.05) is 42.0 Å². The average Bonchev–Trinajstić information content (AvgIpc) is 1.90. The van der Waals surface area contributed by atoms with Crippen molar-refractivity contribution in [2.24, 2.45) is 0 Å². The molecule has 1 rings (SSSR count). The summed E-state index contributed by atoms with van der Waals surface area (Å²) in [6.07, 6.45) is 0. The van der Waals surface area contributed by atoms with Crippen LogP contribution in [0.4, 0.5) is 0 Å². The molecule has 0 atom stereocenters. The highest BCUT2D eigenvalue weighted by Gasteiger charge is 1.86. The fourth-order valence-electron chi connectivity index (χ4n) is 0.824. The molecule has 1 aromatic rings. The van der Waals surface area contributed by atoms with E-state index in [1.54, 1.807) is 0 Å². The minimum atomic E-state index is 1.14. The Morgan fingerprint density at radius 2 is 1.78 bits per heavy atom. The first kappa shape index (κ1) is 6.47. The predicted molar refractivity (Wildman–Crippen MR) is 47.3 cm³/mol. The molecule has 0 bridgehead atoms. The molecule has 1 aromatic carbocycles. The van der Waals surface area contributed by atoms with Gasteiger partial charge < -0.3 is 0 Å². The lowest BCUT2D eigenvalue weighted by Gasteiger charge is -1.93. The molecule has 2 heteroatoms. The molecule has 0 unspecified atom stereocenters. The lowest BCUT2D eigenvalue weighted by atomic mass is 9.72. The van der Waals surface area contributed by atoms with Crippen molar-refractivity contribution in [1.82, 2.24) is 0 Å². The fourth-order valence-corrected chi connectivity index (χ4v) is 0.824. The summed E-state index contributed by atoms with van der Waals surface area (Å²) in [5, 5.41) is 0. The summed E-state index contributed by atoms with van der Waals surface area (Å²) < 4.78 is 0. The Labute approximate surface area is 57.9 Å². The second-order valence-electron chi connectivity index (χ2n) is 2.34. The topological polar surface area (TPSA) is 0 Å². The Balaban J connectivity index is 2.88. The van der Waals surface area contributed by atoms with Crippen LogP contribution in [0.25, 0.3) is 0 Å². The Kier molecular flexibility index (Phi) is 1.99. The van der Waals surface area contributed by atoms with E-state index in [4.69, 9.17) is 0 Å². The fraction of sp³-hybridized carbons (Fsp3) is 0.143. The van der Waals surface area contributed by atoms with Crippen LogP contribution in [0.15, 0.2) is 24.3 Å². The Hall–Kier alpha value is -0.650. The molecule has 0 fully saturated rings. The Morgan fingerprint density at radius 3 is 2.22 bits per heavy atom. The Morgan fingerprint density at radius 1 is 1.22 bits per heavy atom. The van der Waals surface area contributed by atoms with Gasteiger partial charge in [0.25, 0.3) is 0 Å². The van der Waals surface area contributed by atoms with Gasteiger partial charge in [0, 0.05) is 0 Å². The van der Waals surface area contributed by atoms with Crippen molar-refractivity contribution >= 4 is 26.1 Å². The maximum atomic E-state index is 2.18. The third kappa shape index (κ3) is 1.63. The van der Waals surface area contributed by atoms with Crippen molar-refractivity contribution < 1.29 is 0 Å². The molecule has 0 radical (unpaired) electrons. The maximum Gasteiger partial charge on any atom is 0.154 e. The highest BCUT2D eigenvalue weighted by molar-refractivity contribution is 6.52. The van der Waals surface area contributed by atoms with E-state index in [9.17, 15) is 0 Å². The number of benzene rings is 1. The molecule has 0 heterocycles. The quantitative estimate of drug-likeness (QED) is 0.415. The van der Waals surface area contributed by atoms with Gasteiger partial charge in [-0.05, 0) is 0 Å². The van der Waals surface area contributed by atoms with Crippen molar-refractivity contribution in [3.63, 3.8) is 0 Å². The van der Waals surface area contributed by atoms with Crippen LogP contribution < -0.4 is 10.9 Å². The van der Waals surface area contributed by atoms with Crippen molar-refractivity contribution in [2.45, 2.75) is 6.82 Å². The van der Waals surface area contributed by atoms with Gasteiger partial charge in [-0.25, -0.2) is 0 Å². The lowest BCUT2D eigenvalue weighted by molar-refractivity contribution is 1.83. The van der Waals surface area contributed by atoms with Gasteiger partial charge in [0.15, 0.2) is 7.28 Å². The van der Waals surface area contributed by atoms with Crippen LogP contribution in [-0.2, 0) is 0 Å². The first-order chi connectivity index (χ1) is 4.33. The van der Waals surface area contributed by atoms with Crippen molar-refractivity contribution in [3.05, 3.63) is 24.3 Å². The summed E-state index contributed by atoms with van der Waals surface area (Å²) in [5.41, 5.74) is 2.76. The highest BCUT2D eigenvalue weighted by atomic mass is 13.8. The van der Waals surface area contributed by atoms with E-state index < -0.39 is 0 Å². The highest BCUT2D eigenvalue weighted by Crippen LogP contribution is 1.76. The number of hydrogen-bond acceptors (Lipinski definition) is 0.